The van der Waals surface area contributed by atoms with Crippen LogP contribution in [0, 0.1) is 5.92 Å². The number of likely N-dealkylation sites (tertiary alicyclic amines) is 1. The van der Waals surface area contributed by atoms with E-state index in [4.69, 9.17) is 4.74 Å². The van der Waals surface area contributed by atoms with Gasteiger partial charge in [-0.1, -0.05) is 20.8 Å². The Hall–Kier alpha value is -1.69. The Morgan fingerprint density at radius 2 is 2.13 bits per heavy atom. The van der Waals surface area contributed by atoms with Crippen LogP contribution in [-0.2, 0) is 21.6 Å². The monoisotopic (exact) mass is 321 g/mol. The second-order valence-corrected chi connectivity index (χ2v) is 7.12. The molecule has 0 amide bonds. The van der Waals surface area contributed by atoms with Crippen LogP contribution in [0.4, 0.5) is 0 Å². The van der Waals surface area contributed by atoms with E-state index in [0.29, 0.717) is 19.8 Å². The first kappa shape index (κ1) is 17.7. The molecule has 6 heteroatoms. The van der Waals surface area contributed by atoms with Crippen molar-refractivity contribution >= 4 is 5.97 Å². The van der Waals surface area contributed by atoms with Gasteiger partial charge in [0.1, 0.15) is 0 Å². The highest BCUT2D eigenvalue weighted by atomic mass is 16.5. The van der Waals surface area contributed by atoms with Gasteiger partial charge >= 0.3 is 5.97 Å². The highest BCUT2D eigenvalue weighted by molar-refractivity contribution is 5.72. The highest BCUT2D eigenvalue weighted by Crippen LogP contribution is 2.20. The van der Waals surface area contributed by atoms with Crippen molar-refractivity contribution in [2.45, 2.75) is 52.6 Å². The molecule has 0 spiro atoms. The lowest BCUT2D eigenvalue weighted by Gasteiger charge is -2.31. The predicted molar refractivity (Wildman–Crippen MR) is 88.1 cm³/mol. The molecule has 23 heavy (non-hydrogen) atoms. The lowest BCUT2D eigenvalue weighted by atomic mass is 9.92. The van der Waals surface area contributed by atoms with Gasteiger partial charge in [-0.05, 0) is 32.4 Å². The maximum absolute atomic E-state index is 12.1. The normalized spacial score (nSPS) is 19.6. The summed E-state index contributed by atoms with van der Waals surface area (Å²) in [6.07, 6.45) is 1.77. The molecule has 0 saturated carbocycles. The number of aromatic nitrogens is 2. The average Bonchev–Trinajstić information content (AvgIpc) is 2.49. The molecular weight excluding hydrogens is 294 g/mol. The number of ether oxygens (including phenoxy) is 1. The minimum absolute atomic E-state index is 0.106. The maximum atomic E-state index is 12.1. The van der Waals surface area contributed by atoms with Crippen LogP contribution >= 0.6 is 0 Å². The molecular formula is C17H27N3O3. The van der Waals surface area contributed by atoms with Crippen molar-refractivity contribution in [2.75, 3.05) is 19.7 Å². The number of carbonyl (C=O) groups excluding carboxylic acids is 1. The Bertz CT molecular complexity index is 604. The van der Waals surface area contributed by atoms with Crippen LogP contribution in [0.3, 0.4) is 0 Å². The minimum atomic E-state index is -0.138. The SMILES string of the molecule is CCOC(=O)C1CCCN(Cn2nc(C(C)(C)C)ccc2=O)C1. The number of esters is 1. The molecule has 2 heterocycles. The van der Waals surface area contributed by atoms with Gasteiger partial charge in [-0.15, -0.1) is 0 Å². The molecule has 1 atom stereocenters. The van der Waals surface area contributed by atoms with Crippen LogP contribution in [-0.4, -0.2) is 40.3 Å². The van der Waals surface area contributed by atoms with Gasteiger partial charge in [0.15, 0.2) is 0 Å². The van der Waals surface area contributed by atoms with E-state index >= 15 is 0 Å². The molecule has 1 saturated heterocycles. The van der Waals surface area contributed by atoms with Gasteiger partial charge < -0.3 is 4.74 Å². The molecule has 1 unspecified atom stereocenters. The largest absolute Gasteiger partial charge is 0.466 e. The third-order valence-electron chi connectivity index (χ3n) is 4.09. The summed E-state index contributed by atoms with van der Waals surface area (Å²) < 4.78 is 6.61. The summed E-state index contributed by atoms with van der Waals surface area (Å²) in [4.78, 5) is 26.1. The third kappa shape index (κ3) is 4.64. The number of nitrogens with zero attached hydrogens (tertiary/aromatic N) is 3. The van der Waals surface area contributed by atoms with Crippen LogP contribution in [0.2, 0.25) is 0 Å². The Morgan fingerprint density at radius 1 is 1.39 bits per heavy atom. The predicted octanol–water partition coefficient (Wildman–Crippen LogP) is 1.77. The molecule has 0 aliphatic carbocycles. The Balaban J connectivity index is 2.09. The van der Waals surface area contributed by atoms with Crippen LogP contribution in [0.15, 0.2) is 16.9 Å². The van der Waals surface area contributed by atoms with E-state index in [1.54, 1.807) is 12.1 Å². The van der Waals surface area contributed by atoms with Crippen molar-refractivity contribution < 1.29 is 9.53 Å². The average molecular weight is 321 g/mol. The minimum Gasteiger partial charge on any atom is -0.466 e. The molecule has 1 fully saturated rings. The fourth-order valence-electron chi connectivity index (χ4n) is 2.78. The Labute approximate surface area is 137 Å². The summed E-state index contributed by atoms with van der Waals surface area (Å²) in [5, 5.41) is 4.49. The van der Waals surface area contributed by atoms with E-state index in [1.807, 2.05) is 6.92 Å². The lowest BCUT2D eigenvalue weighted by Crippen LogP contribution is -2.42. The van der Waals surface area contributed by atoms with Crippen molar-refractivity contribution in [1.82, 2.24) is 14.7 Å². The second kappa shape index (κ2) is 7.25. The van der Waals surface area contributed by atoms with Crippen LogP contribution in [0.5, 0.6) is 0 Å². The van der Waals surface area contributed by atoms with Gasteiger partial charge in [-0.3, -0.25) is 14.5 Å². The molecule has 0 N–H and O–H groups in total. The van der Waals surface area contributed by atoms with Crippen molar-refractivity contribution in [3.8, 4) is 0 Å². The maximum Gasteiger partial charge on any atom is 0.310 e. The van der Waals surface area contributed by atoms with E-state index < -0.39 is 0 Å². The van der Waals surface area contributed by atoms with Gasteiger partial charge in [0, 0.05) is 18.0 Å². The summed E-state index contributed by atoms with van der Waals surface area (Å²) in [6.45, 7) is 10.3. The molecule has 2 rings (SSSR count). The smallest absolute Gasteiger partial charge is 0.310 e. The number of piperidine rings is 1. The molecule has 1 aromatic rings. The van der Waals surface area contributed by atoms with Gasteiger partial charge in [0.05, 0.1) is 24.9 Å². The van der Waals surface area contributed by atoms with Crippen molar-refractivity contribution in [2.24, 2.45) is 5.92 Å². The number of carbonyl (C=O) groups is 1. The van der Waals surface area contributed by atoms with E-state index in [1.165, 1.54) is 4.68 Å². The zero-order chi connectivity index (χ0) is 17.0. The van der Waals surface area contributed by atoms with Gasteiger partial charge in [0.25, 0.3) is 5.56 Å². The standard InChI is InChI=1S/C17H27N3O3/c1-5-23-16(22)13-7-6-10-19(11-13)12-20-15(21)9-8-14(18-20)17(2,3)4/h8-9,13H,5-7,10-12H2,1-4H3. The molecule has 0 aromatic carbocycles. The second-order valence-electron chi connectivity index (χ2n) is 7.12. The fourth-order valence-corrected chi connectivity index (χ4v) is 2.78. The number of hydrogen-bond donors (Lipinski definition) is 0. The van der Waals surface area contributed by atoms with E-state index in [0.717, 1.165) is 25.1 Å². The topological polar surface area (TPSA) is 64.4 Å². The summed E-state index contributed by atoms with van der Waals surface area (Å²) in [6, 6.07) is 3.36. The number of rotatable bonds is 4. The van der Waals surface area contributed by atoms with Crippen molar-refractivity contribution in [1.29, 1.82) is 0 Å². The quantitative estimate of drug-likeness (QED) is 0.791. The van der Waals surface area contributed by atoms with Gasteiger partial charge in [-0.2, -0.15) is 5.10 Å². The first-order chi connectivity index (χ1) is 10.8. The zero-order valence-electron chi connectivity index (χ0n) is 14.5. The Kier molecular flexibility index (Phi) is 5.57. The van der Waals surface area contributed by atoms with Crippen LogP contribution in [0.25, 0.3) is 0 Å². The summed E-state index contributed by atoms with van der Waals surface area (Å²) >= 11 is 0. The first-order valence-corrected chi connectivity index (χ1v) is 8.29. The van der Waals surface area contributed by atoms with E-state index in [9.17, 15) is 9.59 Å². The van der Waals surface area contributed by atoms with E-state index in [-0.39, 0.29) is 22.9 Å². The molecule has 0 bridgehead atoms. The van der Waals surface area contributed by atoms with Crippen molar-refractivity contribution in [3.05, 3.63) is 28.2 Å². The summed E-state index contributed by atoms with van der Waals surface area (Å²) in [5.74, 6) is -0.244. The van der Waals surface area contributed by atoms with E-state index in [2.05, 4.69) is 30.8 Å². The molecule has 1 aliphatic heterocycles. The highest BCUT2D eigenvalue weighted by Gasteiger charge is 2.27. The molecule has 0 radical (unpaired) electrons. The lowest BCUT2D eigenvalue weighted by molar-refractivity contribution is -0.150. The zero-order valence-corrected chi connectivity index (χ0v) is 14.5. The summed E-state index contributed by atoms with van der Waals surface area (Å²) in [5.41, 5.74) is 0.664. The molecule has 128 valence electrons. The Morgan fingerprint density at radius 3 is 2.78 bits per heavy atom. The number of hydrogen-bond acceptors (Lipinski definition) is 5. The van der Waals surface area contributed by atoms with Gasteiger partial charge in [-0.25, -0.2) is 4.68 Å². The van der Waals surface area contributed by atoms with Crippen molar-refractivity contribution in [3.63, 3.8) is 0 Å². The van der Waals surface area contributed by atoms with Gasteiger partial charge in [0.2, 0.25) is 0 Å². The molecule has 1 aliphatic rings. The van der Waals surface area contributed by atoms with Crippen LogP contribution in [0.1, 0.15) is 46.2 Å². The molecule has 1 aromatic heterocycles. The fraction of sp³-hybridized carbons (Fsp3) is 0.706. The third-order valence-corrected chi connectivity index (χ3v) is 4.09. The summed E-state index contributed by atoms with van der Waals surface area (Å²) in [7, 11) is 0. The van der Waals surface area contributed by atoms with Crippen LogP contribution < -0.4 is 5.56 Å². The first-order valence-electron chi connectivity index (χ1n) is 8.29. The molecule has 6 nitrogen and oxygen atoms in total.